The summed E-state index contributed by atoms with van der Waals surface area (Å²) in [4.78, 5) is 23.0. The number of hydrogen-bond acceptors (Lipinski definition) is 5. The molecular weight excluding hydrogens is 335 g/mol. The number of ether oxygens (including phenoxy) is 3. The molecule has 1 atom stereocenters. The number of benzene rings is 1. The molecule has 0 aliphatic rings. The number of nitrogens with one attached hydrogen (secondary N) is 1. The highest BCUT2D eigenvalue weighted by Gasteiger charge is 2.36. The number of carboxylic acids is 1. The Bertz CT molecular complexity index is 592. The molecule has 1 aromatic rings. The third kappa shape index (κ3) is 4.93. The number of alkyl halides is 3. The maximum atomic E-state index is 12.4. The van der Waals surface area contributed by atoms with Crippen molar-refractivity contribution in [1.29, 1.82) is 0 Å². The minimum Gasteiger partial charge on any atom is -0.493 e. The molecule has 1 unspecified atom stereocenters. The molecule has 0 saturated heterocycles. The molecule has 134 valence electrons. The molecule has 0 aliphatic carbocycles. The smallest absolute Gasteiger partial charge is 0.391 e. The molecule has 2 N–H and O–H groups in total. The fourth-order valence-corrected chi connectivity index (χ4v) is 1.89. The molecule has 1 aromatic carbocycles. The van der Waals surface area contributed by atoms with Crippen molar-refractivity contribution in [2.45, 2.75) is 18.6 Å². The number of carbonyl (C=O) groups is 2. The summed E-state index contributed by atoms with van der Waals surface area (Å²) in [5.41, 5.74) is -0.141. The Labute approximate surface area is 135 Å². The van der Waals surface area contributed by atoms with Gasteiger partial charge in [-0.3, -0.25) is 4.79 Å². The normalized spacial score (nSPS) is 12.2. The minimum atomic E-state index is -4.74. The van der Waals surface area contributed by atoms with Gasteiger partial charge in [-0.25, -0.2) is 4.79 Å². The average molecular weight is 351 g/mol. The van der Waals surface area contributed by atoms with Crippen LogP contribution in [0.3, 0.4) is 0 Å². The summed E-state index contributed by atoms with van der Waals surface area (Å²) in [5.74, 6) is -2.44. The maximum absolute atomic E-state index is 12.4. The predicted molar refractivity (Wildman–Crippen MR) is 75.7 cm³/mol. The lowest BCUT2D eigenvalue weighted by molar-refractivity contribution is -0.157. The van der Waals surface area contributed by atoms with Crippen molar-refractivity contribution in [3.05, 3.63) is 17.7 Å². The van der Waals surface area contributed by atoms with E-state index in [-0.39, 0.29) is 22.8 Å². The molecule has 0 aliphatic heterocycles. The summed E-state index contributed by atoms with van der Waals surface area (Å²) in [6.45, 7) is 0. The molecule has 24 heavy (non-hydrogen) atoms. The average Bonchev–Trinajstić information content (AvgIpc) is 2.51. The maximum Gasteiger partial charge on any atom is 0.391 e. The van der Waals surface area contributed by atoms with Gasteiger partial charge in [0.1, 0.15) is 6.04 Å². The SMILES string of the molecule is COc1cc(C(=O)NC(CC(F)(F)F)C(=O)O)cc(OC)c1OC. The van der Waals surface area contributed by atoms with E-state index in [1.54, 1.807) is 0 Å². The summed E-state index contributed by atoms with van der Waals surface area (Å²) >= 11 is 0. The van der Waals surface area contributed by atoms with E-state index in [0.717, 1.165) is 0 Å². The monoisotopic (exact) mass is 351 g/mol. The summed E-state index contributed by atoms with van der Waals surface area (Å²) in [6.07, 6.45) is -6.44. The van der Waals surface area contributed by atoms with Crippen LogP contribution in [0.2, 0.25) is 0 Å². The van der Waals surface area contributed by atoms with Crippen LogP contribution in [0.15, 0.2) is 12.1 Å². The Morgan fingerprint density at radius 3 is 1.96 bits per heavy atom. The van der Waals surface area contributed by atoms with Gasteiger partial charge < -0.3 is 24.6 Å². The van der Waals surface area contributed by atoms with Crippen molar-refractivity contribution < 1.29 is 42.1 Å². The molecular formula is C14H16F3NO6. The Hall–Kier alpha value is -2.65. The summed E-state index contributed by atoms with van der Waals surface area (Å²) in [7, 11) is 3.93. The Kier molecular flexibility index (Phi) is 6.27. The second-order valence-corrected chi connectivity index (χ2v) is 4.60. The van der Waals surface area contributed by atoms with Crippen LogP contribution in [-0.4, -0.2) is 50.5 Å². The second kappa shape index (κ2) is 7.75. The first-order valence-electron chi connectivity index (χ1n) is 6.53. The lowest BCUT2D eigenvalue weighted by Gasteiger charge is -2.18. The van der Waals surface area contributed by atoms with E-state index in [0.29, 0.717) is 0 Å². The summed E-state index contributed by atoms with van der Waals surface area (Å²) in [5, 5.41) is 10.7. The molecule has 1 amide bonds. The van der Waals surface area contributed by atoms with E-state index in [2.05, 4.69) is 0 Å². The van der Waals surface area contributed by atoms with Gasteiger partial charge in [-0.05, 0) is 12.1 Å². The number of hydrogen-bond donors (Lipinski definition) is 2. The quantitative estimate of drug-likeness (QED) is 0.779. The summed E-state index contributed by atoms with van der Waals surface area (Å²) in [6, 6.07) is 0.281. The molecule has 0 saturated carbocycles. The van der Waals surface area contributed by atoms with Crippen molar-refractivity contribution in [1.82, 2.24) is 5.32 Å². The number of halogens is 3. The third-order valence-corrected chi connectivity index (χ3v) is 2.97. The zero-order valence-electron chi connectivity index (χ0n) is 13.1. The second-order valence-electron chi connectivity index (χ2n) is 4.60. The van der Waals surface area contributed by atoms with Crippen molar-refractivity contribution in [2.24, 2.45) is 0 Å². The fourth-order valence-electron chi connectivity index (χ4n) is 1.89. The van der Waals surface area contributed by atoms with Gasteiger partial charge in [0.15, 0.2) is 11.5 Å². The molecule has 10 heteroatoms. The lowest BCUT2D eigenvalue weighted by Crippen LogP contribution is -2.43. The fraction of sp³-hybridized carbons (Fsp3) is 0.429. The van der Waals surface area contributed by atoms with Crippen molar-refractivity contribution in [2.75, 3.05) is 21.3 Å². The van der Waals surface area contributed by atoms with Crippen LogP contribution in [0.1, 0.15) is 16.8 Å². The molecule has 1 rings (SSSR count). The van der Waals surface area contributed by atoms with Crippen LogP contribution in [0.4, 0.5) is 13.2 Å². The Morgan fingerprint density at radius 1 is 1.12 bits per heavy atom. The van der Waals surface area contributed by atoms with Crippen LogP contribution in [0, 0.1) is 0 Å². The molecule has 0 radical (unpaired) electrons. The highest BCUT2D eigenvalue weighted by molar-refractivity contribution is 5.97. The largest absolute Gasteiger partial charge is 0.493 e. The van der Waals surface area contributed by atoms with Crippen LogP contribution in [0.5, 0.6) is 17.2 Å². The lowest BCUT2D eigenvalue weighted by atomic mass is 10.1. The van der Waals surface area contributed by atoms with Gasteiger partial charge in [0, 0.05) is 5.56 Å². The van der Waals surface area contributed by atoms with E-state index in [1.807, 2.05) is 5.32 Å². The highest BCUT2D eigenvalue weighted by atomic mass is 19.4. The standard InChI is InChI=1S/C14H16F3NO6/c1-22-9-4-7(5-10(23-2)11(9)24-3)12(19)18-8(13(20)21)6-14(15,16)17/h4-5,8H,6H2,1-3H3,(H,18,19)(H,20,21). The van der Waals surface area contributed by atoms with Crippen LogP contribution >= 0.6 is 0 Å². The number of aliphatic carboxylic acids is 1. The van der Waals surface area contributed by atoms with E-state index >= 15 is 0 Å². The van der Waals surface area contributed by atoms with Gasteiger partial charge in [0.2, 0.25) is 5.75 Å². The first kappa shape index (κ1) is 19.4. The van der Waals surface area contributed by atoms with Gasteiger partial charge in [0.25, 0.3) is 5.91 Å². The number of carbonyl (C=O) groups excluding carboxylic acids is 1. The van der Waals surface area contributed by atoms with Crippen molar-refractivity contribution in [3.63, 3.8) is 0 Å². The predicted octanol–water partition coefficient (Wildman–Crippen LogP) is 1.85. The molecule has 0 spiro atoms. The van der Waals surface area contributed by atoms with Gasteiger partial charge in [-0.1, -0.05) is 0 Å². The molecule has 0 heterocycles. The van der Waals surface area contributed by atoms with Crippen molar-refractivity contribution >= 4 is 11.9 Å². The Balaban J connectivity index is 3.11. The van der Waals surface area contributed by atoms with Gasteiger partial charge in [-0.15, -0.1) is 0 Å². The van der Waals surface area contributed by atoms with Crippen LogP contribution in [-0.2, 0) is 4.79 Å². The molecule has 0 fully saturated rings. The highest BCUT2D eigenvalue weighted by Crippen LogP contribution is 2.38. The van der Waals surface area contributed by atoms with Gasteiger partial charge >= 0.3 is 12.1 Å². The zero-order chi connectivity index (χ0) is 18.5. The number of carboxylic acid groups (broad SMARTS) is 1. The van der Waals surface area contributed by atoms with Gasteiger partial charge in [0.05, 0.1) is 27.8 Å². The number of methoxy groups -OCH3 is 3. The molecule has 7 nitrogen and oxygen atoms in total. The first-order chi connectivity index (χ1) is 11.1. The Morgan fingerprint density at radius 2 is 1.62 bits per heavy atom. The van der Waals surface area contributed by atoms with E-state index in [1.165, 1.54) is 33.5 Å². The van der Waals surface area contributed by atoms with E-state index < -0.39 is 30.5 Å². The minimum absolute atomic E-state index is 0.102. The van der Waals surface area contributed by atoms with Crippen molar-refractivity contribution in [3.8, 4) is 17.2 Å². The third-order valence-electron chi connectivity index (χ3n) is 2.97. The van der Waals surface area contributed by atoms with Gasteiger partial charge in [-0.2, -0.15) is 13.2 Å². The number of amides is 1. The molecule has 0 bridgehead atoms. The molecule has 0 aromatic heterocycles. The topological polar surface area (TPSA) is 94.1 Å². The van der Waals surface area contributed by atoms with E-state index in [9.17, 15) is 22.8 Å². The number of rotatable bonds is 7. The zero-order valence-corrected chi connectivity index (χ0v) is 13.1. The van der Waals surface area contributed by atoms with Crippen LogP contribution in [0.25, 0.3) is 0 Å². The van der Waals surface area contributed by atoms with E-state index in [4.69, 9.17) is 19.3 Å². The van der Waals surface area contributed by atoms with Crippen LogP contribution < -0.4 is 19.5 Å². The summed E-state index contributed by atoms with van der Waals surface area (Å²) < 4.78 is 52.2. The first-order valence-corrected chi connectivity index (χ1v) is 6.53.